The van der Waals surface area contributed by atoms with Crippen LogP contribution in [-0.4, -0.2) is 59.1 Å². The molecule has 0 aliphatic carbocycles. The number of likely N-dealkylation sites (N-methyl/N-ethyl adjacent to an activating group) is 1. The second-order valence-electron chi connectivity index (χ2n) is 5.34. The van der Waals surface area contributed by atoms with Crippen LogP contribution in [0.25, 0.3) is 0 Å². The predicted molar refractivity (Wildman–Crippen MR) is 92.4 cm³/mol. The van der Waals surface area contributed by atoms with Crippen LogP contribution < -0.4 is 10.1 Å². The van der Waals surface area contributed by atoms with Crippen LogP contribution in [0.4, 0.5) is 0 Å². The molecule has 1 atom stereocenters. The third-order valence-corrected chi connectivity index (χ3v) is 5.87. The van der Waals surface area contributed by atoms with E-state index in [1.54, 1.807) is 0 Å². The summed E-state index contributed by atoms with van der Waals surface area (Å²) in [5.74, 6) is -0.354. The van der Waals surface area contributed by atoms with Crippen molar-refractivity contribution in [3.63, 3.8) is 0 Å². The Balaban J connectivity index is 0.00000288. The number of benzene rings is 1. The van der Waals surface area contributed by atoms with E-state index >= 15 is 0 Å². The number of hydrogen-bond donors (Lipinski definition) is 1. The summed E-state index contributed by atoms with van der Waals surface area (Å²) in [6, 6.07) is 4.36. The predicted octanol–water partition coefficient (Wildman–Crippen LogP) is 1.28. The van der Waals surface area contributed by atoms with Crippen molar-refractivity contribution < 1.29 is 22.7 Å². The molecule has 136 valence electrons. The molecule has 2 rings (SSSR count). The van der Waals surface area contributed by atoms with Crippen LogP contribution in [0.1, 0.15) is 23.2 Å². The maximum Gasteiger partial charge on any atom is 0.341 e. The van der Waals surface area contributed by atoms with Gasteiger partial charge in [0.25, 0.3) is 0 Å². The molecular weight excluding hydrogens is 356 g/mol. The van der Waals surface area contributed by atoms with Gasteiger partial charge in [0.15, 0.2) is 0 Å². The zero-order valence-corrected chi connectivity index (χ0v) is 15.6. The van der Waals surface area contributed by atoms with E-state index in [0.29, 0.717) is 13.1 Å². The number of nitrogens with zero attached hydrogens (tertiary/aromatic N) is 1. The molecule has 9 heteroatoms. The molecule has 1 aromatic rings. The quantitative estimate of drug-likeness (QED) is 0.777. The lowest BCUT2D eigenvalue weighted by Gasteiger charge is -2.31. The van der Waals surface area contributed by atoms with Gasteiger partial charge in [0.2, 0.25) is 10.0 Å². The number of sulfonamides is 1. The molecule has 0 saturated carbocycles. The minimum atomic E-state index is -3.66. The van der Waals surface area contributed by atoms with Crippen molar-refractivity contribution in [2.75, 3.05) is 34.4 Å². The summed E-state index contributed by atoms with van der Waals surface area (Å²) in [5.41, 5.74) is 0.0956. The summed E-state index contributed by atoms with van der Waals surface area (Å²) in [6.07, 6.45) is 1.74. The number of esters is 1. The highest BCUT2D eigenvalue weighted by molar-refractivity contribution is 7.89. The zero-order valence-electron chi connectivity index (χ0n) is 13.9. The Morgan fingerprint density at radius 2 is 2.04 bits per heavy atom. The lowest BCUT2D eigenvalue weighted by Crippen LogP contribution is -2.46. The van der Waals surface area contributed by atoms with Crippen molar-refractivity contribution in [3.8, 4) is 5.75 Å². The van der Waals surface area contributed by atoms with Gasteiger partial charge in [0, 0.05) is 19.1 Å². The van der Waals surface area contributed by atoms with E-state index in [2.05, 4.69) is 10.1 Å². The number of carbonyl (C=O) groups is 1. The molecule has 1 fully saturated rings. The number of carbonyl (C=O) groups excluding carboxylic acids is 1. The number of hydrogen-bond acceptors (Lipinski definition) is 6. The third kappa shape index (κ3) is 4.18. The number of nitrogens with one attached hydrogen (secondary N) is 1. The van der Waals surface area contributed by atoms with E-state index in [1.807, 2.05) is 7.05 Å². The SMILES string of the molecule is CNC1CCCN(S(=O)(=O)c2ccc(OC)c(C(=O)OC)c2)C1.Cl. The molecule has 24 heavy (non-hydrogen) atoms. The Bertz CT molecular complexity index is 680. The van der Waals surface area contributed by atoms with Gasteiger partial charge in [-0.3, -0.25) is 0 Å². The second kappa shape index (κ2) is 8.66. The number of halogens is 1. The Morgan fingerprint density at radius 3 is 2.62 bits per heavy atom. The maximum absolute atomic E-state index is 12.8. The highest BCUT2D eigenvalue weighted by Gasteiger charge is 2.30. The average molecular weight is 379 g/mol. The Kier molecular flexibility index (Phi) is 7.47. The Morgan fingerprint density at radius 1 is 1.33 bits per heavy atom. The van der Waals surface area contributed by atoms with Crippen molar-refractivity contribution in [2.45, 2.75) is 23.8 Å². The van der Waals surface area contributed by atoms with Gasteiger partial charge in [-0.2, -0.15) is 4.31 Å². The van der Waals surface area contributed by atoms with Crippen LogP contribution >= 0.6 is 12.4 Å². The van der Waals surface area contributed by atoms with Gasteiger partial charge in [-0.25, -0.2) is 13.2 Å². The van der Waals surface area contributed by atoms with E-state index in [0.717, 1.165) is 12.8 Å². The highest BCUT2D eigenvalue weighted by atomic mass is 35.5. The molecule has 0 radical (unpaired) electrons. The van der Waals surface area contributed by atoms with Crippen LogP contribution in [0.3, 0.4) is 0 Å². The number of rotatable bonds is 5. The van der Waals surface area contributed by atoms with Crippen molar-refractivity contribution in [1.82, 2.24) is 9.62 Å². The monoisotopic (exact) mass is 378 g/mol. The first-order chi connectivity index (χ1) is 10.9. The Labute approximate surface area is 148 Å². The van der Waals surface area contributed by atoms with Crippen LogP contribution in [0, 0.1) is 0 Å². The molecular formula is C15H23ClN2O5S. The average Bonchev–Trinajstić information content (AvgIpc) is 2.60. The van der Waals surface area contributed by atoms with Crippen LogP contribution in [-0.2, 0) is 14.8 Å². The molecule has 1 saturated heterocycles. The van der Waals surface area contributed by atoms with Gasteiger partial charge in [-0.05, 0) is 38.1 Å². The first-order valence-corrected chi connectivity index (χ1v) is 8.81. The fourth-order valence-corrected chi connectivity index (χ4v) is 4.21. The largest absolute Gasteiger partial charge is 0.496 e. The molecule has 1 aliphatic heterocycles. The zero-order chi connectivity index (χ0) is 17.0. The number of ether oxygens (including phenoxy) is 2. The van der Waals surface area contributed by atoms with Crippen LogP contribution in [0.15, 0.2) is 23.1 Å². The fraction of sp³-hybridized carbons (Fsp3) is 0.533. The molecule has 0 spiro atoms. The summed E-state index contributed by atoms with van der Waals surface area (Å²) >= 11 is 0. The minimum Gasteiger partial charge on any atom is -0.496 e. The Hall–Kier alpha value is -1.35. The van der Waals surface area contributed by atoms with Gasteiger partial charge in [0.05, 0.1) is 19.1 Å². The van der Waals surface area contributed by atoms with E-state index in [9.17, 15) is 13.2 Å². The van der Waals surface area contributed by atoms with Crippen molar-refractivity contribution in [3.05, 3.63) is 23.8 Å². The normalized spacial score (nSPS) is 18.5. The second-order valence-corrected chi connectivity index (χ2v) is 7.28. The van der Waals surface area contributed by atoms with Crippen molar-refractivity contribution in [1.29, 1.82) is 0 Å². The summed E-state index contributed by atoms with van der Waals surface area (Å²) in [4.78, 5) is 11.9. The fourth-order valence-electron chi connectivity index (χ4n) is 2.66. The lowest BCUT2D eigenvalue weighted by atomic mass is 10.1. The van der Waals surface area contributed by atoms with Crippen molar-refractivity contribution >= 4 is 28.4 Å². The van der Waals surface area contributed by atoms with Crippen molar-refractivity contribution in [2.24, 2.45) is 0 Å². The summed E-state index contributed by atoms with van der Waals surface area (Å²) in [5, 5.41) is 3.11. The molecule has 1 aliphatic rings. The lowest BCUT2D eigenvalue weighted by molar-refractivity contribution is 0.0596. The number of methoxy groups -OCH3 is 2. The van der Waals surface area contributed by atoms with Crippen LogP contribution in [0.5, 0.6) is 5.75 Å². The third-order valence-electron chi connectivity index (χ3n) is 4.01. The van der Waals surface area contributed by atoms with Gasteiger partial charge >= 0.3 is 5.97 Å². The first kappa shape index (κ1) is 20.7. The summed E-state index contributed by atoms with van der Waals surface area (Å²) in [6.45, 7) is 0.887. The molecule has 1 N–H and O–H groups in total. The van der Waals surface area contributed by atoms with E-state index < -0.39 is 16.0 Å². The highest BCUT2D eigenvalue weighted by Crippen LogP contribution is 2.26. The standard InChI is InChI=1S/C15H22N2O5S.ClH/c1-16-11-5-4-8-17(10-11)23(19,20)12-6-7-14(21-2)13(9-12)15(18)22-3;/h6-7,9,11,16H,4-5,8,10H2,1-3H3;1H. The molecule has 1 aromatic carbocycles. The molecule has 1 unspecified atom stereocenters. The minimum absolute atomic E-state index is 0. The van der Waals surface area contributed by atoms with Gasteiger partial charge in [0.1, 0.15) is 11.3 Å². The topological polar surface area (TPSA) is 84.9 Å². The summed E-state index contributed by atoms with van der Waals surface area (Å²) in [7, 11) is 0.815. The van der Waals surface area contributed by atoms with E-state index in [1.165, 1.54) is 36.7 Å². The van der Waals surface area contributed by atoms with Gasteiger partial charge in [-0.1, -0.05) is 0 Å². The first-order valence-electron chi connectivity index (χ1n) is 7.37. The molecule has 1 heterocycles. The van der Waals surface area contributed by atoms with Gasteiger partial charge < -0.3 is 14.8 Å². The molecule has 0 bridgehead atoms. The smallest absolute Gasteiger partial charge is 0.341 e. The summed E-state index contributed by atoms with van der Waals surface area (Å²) < 4.78 is 36.9. The molecule has 0 amide bonds. The van der Waals surface area contributed by atoms with Gasteiger partial charge in [-0.15, -0.1) is 12.4 Å². The molecule has 7 nitrogen and oxygen atoms in total. The maximum atomic E-state index is 12.8. The van der Waals surface area contributed by atoms with E-state index in [4.69, 9.17) is 4.74 Å². The van der Waals surface area contributed by atoms with E-state index in [-0.39, 0.29) is 34.7 Å². The number of piperidine rings is 1. The molecule has 0 aromatic heterocycles. The van der Waals surface area contributed by atoms with Crippen LogP contribution in [0.2, 0.25) is 0 Å².